The summed E-state index contributed by atoms with van der Waals surface area (Å²) in [6.07, 6.45) is -6.06. The van der Waals surface area contributed by atoms with E-state index in [1.54, 1.807) is 72.8 Å². The number of hydrogen-bond donors (Lipinski definition) is 0. The molecule has 330 valence electrons. The Labute approximate surface area is 358 Å². The van der Waals surface area contributed by atoms with Crippen molar-refractivity contribution >= 4 is 23.9 Å². The zero-order valence-corrected chi connectivity index (χ0v) is 36.2. The molecule has 15 unspecified atom stereocenters. The molecule has 0 aliphatic carbocycles. The maximum absolute atomic E-state index is 13.5. The summed E-state index contributed by atoms with van der Waals surface area (Å²) >= 11 is 0. The van der Waals surface area contributed by atoms with Gasteiger partial charge in [-0.3, -0.25) is 4.79 Å². The summed E-state index contributed by atoms with van der Waals surface area (Å²) in [7, 11) is 0. The minimum Gasteiger partial charge on any atom is -0.463 e. The molecule has 3 saturated heterocycles. The second kappa shape index (κ2) is 20.9. The van der Waals surface area contributed by atoms with E-state index >= 15 is 0 Å². The van der Waals surface area contributed by atoms with Gasteiger partial charge in [0.1, 0.15) is 12.7 Å². The van der Waals surface area contributed by atoms with E-state index in [4.69, 9.17) is 42.6 Å². The Morgan fingerprint density at radius 2 is 0.770 bits per heavy atom. The van der Waals surface area contributed by atoms with Crippen LogP contribution in [0.1, 0.15) is 86.5 Å². The fourth-order valence-electron chi connectivity index (χ4n) is 8.31. The number of esters is 4. The molecule has 13 heteroatoms. The van der Waals surface area contributed by atoms with Gasteiger partial charge in [0.2, 0.25) is 0 Å². The molecule has 61 heavy (non-hydrogen) atoms. The maximum atomic E-state index is 13.5. The molecule has 3 heterocycles. The molecule has 0 saturated carbocycles. The van der Waals surface area contributed by atoms with Gasteiger partial charge < -0.3 is 42.6 Å². The molecule has 3 aliphatic rings. The number of ether oxygens (including phenoxy) is 9. The topological polar surface area (TPSA) is 151 Å². The molecule has 3 aromatic carbocycles. The zero-order chi connectivity index (χ0) is 43.8. The first-order valence-corrected chi connectivity index (χ1v) is 21.3. The van der Waals surface area contributed by atoms with Gasteiger partial charge >= 0.3 is 23.9 Å². The lowest BCUT2D eigenvalue weighted by molar-refractivity contribution is -0.312. The second-order valence-electron chi connectivity index (χ2n) is 16.8. The van der Waals surface area contributed by atoms with Crippen LogP contribution in [0, 0.1) is 35.5 Å². The molecule has 6 rings (SSSR count). The summed E-state index contributed by atoms with van der Waals surface area (Å²) in [6.45, 7) is 15.3. The largest absolute Gasteiger partial charge is 0.463 e. The summed E-state index contributed by atoms with van der Waals surface area (Å²) in [5.41, 5.74) is 1.25. The van der Waals surface area contributed by atoms with E-state index in [2.05, 4.69) is 0 Å². The van der Waals surface area contributed by atoms with Crippen LogP contribution in [0.2, 0.25) is 0 Å². The van der Waals surface area contributed by atoms with Crippen LogP contribution in [0.15, 0.2) is 91.0 Å². The van der Waals surface area contributed by atoms with E-state index < -0.39 is 79.2 Å². The minimum atomic E-state index is -1.03. The Morgan fingerprint density at radius 3 is 1.15 bits per heavy atom. The predicted octanol–water partition coefficient (Wildman–Crippen LogP) is 7.31. The monoisotopic (exact) mass is 844 g/mol. The van der Waals surface area contributed by atoms with Crippen molar-refractivity contribution in [3.63, 3.8) is 0 Å². The Morgan fingerprint density at radius 1 is 0.443 bits per heavy atom. The lowest BCUT2D eigenvalue weighted by Crippen LogP contribution is -2.57. The number of hydrogen-bond acceptors (Lipinski definition) is 13. The average Bonchev–Trinajstić information content (AvgIpc) is 3.27. The fraction of sp³-hybridized carbons (Fsp3) is 0.542. The van der Waals surface area contributed by atoms with Gasteiger partial charge in [0, 0.05) is 24.7 Å². The molecule has 3 aromatic rings. The van der Waals surface area contributed by atoms with Crippen LogP contribution >= 0.6 is 0 Å². The number of carbonyl (C=O) groups excluding carboxylic acids is 4. The third kappa shape index (κ3) is 11.2. The molecule has 0 N–H and O–H groups in total. The Kier molecular flexibility index (Phi) is 15.7. The fourth-order valence-corrected chi connectivity index (χ4v) is 8.31. The SMILES string of the molecule is CC(=O)OCC1OC(OCC2OC(OCC3OC(C)C(OC(=O)c4ccccc4)C(C)C3C)C(OC(=O)c3ccccc3)C(C)C2C)C(OC(=O)c2ccccc2)C(C)C1C. The first kappa shape index (κ1) is 45.9. The summed E-state index contributed by atoms with van der Waals surface area (Å²) in [5.74, 6) is -2.90. The van der Waals surface area contributed by atoms with Crippen LogP contribution in [0.5, 0.6) is 0 Å². The van der Waals surface area contributed by atoms with Crippen LogP contribution in [-0.2, 0) is 47.4 Å². The van der Waals surface area contributed by atoms with Crippen LogP contribution in [0.4, 0.5) is 0 Å². The molecule has 0 radical (unpaired) electrons. The molecule has 0 aromatic heterocycles. The van der Waals surface area contributed by atoms with Crippen LogP contribution in [-0.4, -0.2) is 99.0 Å². The van der Waals surface area contributed by atoms with Crippen LogP contribution in [0.25, 0.3) is 0 Å². The van der Waals surface area contributed by atoms with Gasteiger partial charge in [0.05, 0.1) is 54.3 Å². The predicted molar refractivity (Wildman–Crippen MR) is 222 cm³/mol. The van der Waals surface area contributed by atoms with E-state index in [9.17, 15) is 19.2 Å². The minimum absolute atomic E-state index is 0.00684. The molecular formula is C48H60O13. The van der Waals surface area contributed by atoms with Crippen molar-refractivity contribution in [3.8, 4) is 0 Å². The molecular weight excluding hydrogens is 785 g/mol. The van der Waals surface area contributed by atoms with E-state index in [-0.39, 0.29) is 55.3 Å². The molecule has 15 atom stereocenters. The molecule has 3 fully saturated rings. The normalized spacial score (nSPS) is 33.8. The van der Waals surface area contributed by atoms with Crippen molar-refractivity contribution in [1.29, 1.82) is 0 Å². The van der Waals surface area contributed by atoms with Crippen LogP contribution in [0.3, 0.4) is 0 Å². The standard InChI is InChI=1S/C48H60O13/c1-27-30(4)41(59-44(50)35-18-12-9-13-19-35)33(7)56-38(27)25-54-47-43(61-46(52)37-22-16-11-17-23-37)32(6)29(3)40(58-47)26-55-48-42(60-45(51)36-20-14-10-15-21-36)31(5)28(2)39(57-48)24-53-34(8)49/h9-23,27-33,38-43,47-48H,24-26H2,1-8H3. The Hall–Kier alpha value is -4.66. The Bertz CT molecular complexity index is 1890. The molecule has 0 amide bonds. The quantitative estimate of drug-likeness (QED) is 0.118. The van der Waals surface area contributed by atoms with E-state index in [1.807, 2.05) is 66.7 Å². The third-order valence-corrected chi connectivity index (χ3v) is 12.9. The smallest absolute Gasteiger partial charge is 0.338 e. The highest BCUT2D eigenvalue weighted by Crippen LogP contribution is 2.39. The van der Waals surface area contributed by atoms with Gasteiger partial charge in [-0.15, -0.1) is 0 Å². The first-order valence-electron chi connectivity index (χ1n) is 21.3. The summed E-state index contributed by atoms with van der Waals surface area (Å²) in [4.78, 5) is 51.6. The zero-order valence-electron chi connectivity index (χ0n) is 36.2. The Balaban J connectivity index is 1.18. The second-order valence-corrected chi connectivity index (χ2v) is 16.8. The summed E-state index contributed by atoms with van der Waals surface area (Å²) in [6, 6.07) is 26.3. The number of rotatable bonds is 14. The number of benzene rings is 3. The van der Waals surface area contributed by atoms with Gasteiger partial charge in [-0.05, 0) is 61.1 Å². The highest BCUT2D eigenvalue weighted by atomic mass is 16.7. The van der Waals surface area contributed by atoms with Gasteiger partial charge in [0.15, 0.2) is 24.8 Å². The summed E-state index contributed by atoms with van der Waals surface area (Å²) < 4.78 is 56.1. The van der Waals surface area contributed by atoms with E-state index in [0.29, 0.717) is 16.7 Å². The third-order valence-electron chi connectivity index (χ3n) is 12.9. The van der Waals surface area contributed by atoms with E-state index in [1.165, 1.54) is 6.92 Å². The molecule has 0 bridgehead atoms. The molecule has 0 spiro atoms. The van der Waals surface area contributed by atoms with Crippen molar-refractivity contribution in [3.05, 3.63) is 108 Å². The average molecular weight is 845 g/mol. The lowest BCUT2D eigenvalue weighted by atomic mass is 9.81. The van der Waals surface area contributed by atoms with Gasteiger partial charge in [-0.1, -0.05) is 96.1 Å². The van der Waals surface area contributed by atoms with Crippen molar-refractivity contribution in [1.82, 2.24) is 0 Å². The van der Waals surface area contributed by atoms with Gasteiger partial charge in [0.25, 0.3) is 0 Å². The maximum Gasteiger partial charge on any atom is 0.338 e. The number of carbonyl (C=O) groups is 4. The first-order chi connectivity index (χ1) is 29.2. The lowest BCUT2D eigenvalue weighted by Gasteiger charge is -2.47. The van der Waals surface area contributed by atoms with Gasteiger partial charge in [-0.2, -0.15) is 0 Å². The van der Waals surface area contributed by atoms with Gasteiger partial charge in [-0.25, -0.2) is 14.4 Å². The molecule has 3 aliphatic heterocycles. The highest BCUT2D eigenvalue weighted by Gasteiger charge is 2.49. The highest BCUT2D eigenvalue weighted by molar-refractivity contribution is 5.90. The summed E-state index contributed by atoms with van der Waals surface area (Å²) in [5, 5.41) is 0. The van der Waals surface area contributed by atoms with Crippen molar-refractivity contribution < 1.29 is 61.8 Å². The molecule has 13 nitrogen and oxygen atoms in total. The van der Waals surface area contributed by atoms with E-state index in [0.717, 1.165) is 0 Å². The van der Waals surface area contributed by atoms with Crippen molar-refractivity contribution in [2.75, 3.05) is 19.8 Å². The van der Waals surface area contributed by atoms with Crippen molar-refractivity contribution in [2.24, 2.45) is 35.5 Å². The van der Waals surface area contributed by atoms with Crippen molar-refractivity contribution in [2.45, 2.75) is 111 Å². The van der Waals surface area contributed by atoms with Crippen LogP contribution < -0.4 is 0 Å².